The first-order valence-corrected chi connectivity index (χ1v) is 11.3. The summed E-state index contributed by atoms with van der Waals surface area (Å²) in [6, 6.07) is 12.3. The highest BCUT2D eigenvalue weighted by molar-refractivity contribution is 5.98. The molecule has 1 aliphatic rings. The maximum atomic E-state index is 13.5. The van der Waals surface area contributed by atoms with E-state index in [0.29, 0.717) is 12.3 Å². The maximum Gasteiger partial charge on any atom is 0.250 e. The van der Waals surface area contributed by atoms with Crippen LogP contribution in [0, 0.1) is 18.7 Å². The number of methoxy groups -OCH3 is 1. The summed E-state index contributed by atoms with van der Waals surface area (Å²) in [7, 11) is 1.64. The van der Waals surface area contributed by atoms with Gasteiger partial charge in [0.15, 0.2) is 0 Å². The van der Waals surface area contributed by atoms with Crippen LogP contribution in [0.15, 0.2) is 60.6 Å². The third kappa shape index (κ3) is 4.85. The minimum absolute atomic E-state index is 0.0394. The fourth-order valence-electron chi connectivity index (χ4n) is 4.57. The highest BCUT2D eigenvalue weighted by atomic mass is 19.1. The summed E-state index contributed by atoms with van der Waals surface area (Å²) in [4.78, 5) is 19.7. The van der Waals surface area contributed by atoms with E-state index in [9.17, 15) is 9.18 Å². The molecule has 172 valence electrons. The number of likely N-dealkylation sites (tertiary alicyclic amines) is 1. The second kappa shape index (κ2) is 9.61. The number of imidazole rings is 1. The van der Waals surface area contributed by atoms with Crippen LogP contribution in [0.3, 0.4) is 0 Å². The van der Waals surface area contributed by atoms with Crippen LogP contribution >= 0.6 is 0 Å². The van der Waals surface area contributed by atoms with Crippen LogP contribution in [0.4, 0.5) is 4.39 Å². The summed E-state index contributed by atoms with van der Waals surface area (Å²) in [5.41, 5.74) is 4.48. The van der Waals surface area contributed by atoms with E-state index in [4.69, 9.17) is 4.74 Å². The molecule has 0 bridgehead atoms. The molecule has 33 heavy (non-hydrogen) atoms. The molecule has 1 fully saturated rings. The first-order chi connectivity index (χ1) is 15.9. The molecule has 2 heterocycles. The number of hydrogen-bond acceptors (Lipinski definition) is 3. The summed E-state index contributed by atoms with van der Waals surface area (Å²) in [5.74, 6) is 0.692. The molecule has 1 amide bonds. The Balaban J connectivity index is 1.63. The van der Waals surface area contributed by atoms with Crippen molar-refractivity contribution in [1.82, 2.24) is 14.5 Å². The van der Waals surface area contributed by atoms with E-state index >= 15 is 0 Å². The SMILES string of the molecule is COc1cc(/C=C2\CCCN(C(c3ccc(F)cc3)C(C)C)C2=O)ccc1-n1cnc(C)c1. The molecule has 1 aromatic heterocycles. The molecule has 0 spiro atoms. The van der Waals surface area contributed by atoms with Crippen molar-refractivity contribution in [3.8, 4) is 11.4 Å². The molecule has 5 nitrogen and oxygen atoms in total. The Morgan fingerprint density at radius 3 is 2.55 bits per heavy atom. The van der Waals surface area contributed by atoms with Gasteiger partial charge in [0.05, 0.1) is 30.9 Å². The van der Waals surface area contributed by atoms with Gasteiger partial charge in [-0.3, -0.25) is 4.79 Å². The molecule has 0 radical (unpaired) electrons. The van der Waals surface area contributed by atoms with Gasteiger partial charge in [-0.05, 0) is 67.2 Å². The molecular formula is C27H30FN3O2. The van der Waals surface area contributed by atoms with Crippen LogP contribution in [0.25, 0.3) is 11.8 Å². The van der Waals surface area contributed by atoms with Crippen LogP contribution in [0.5, 0.6) is 5.75 Å². The predicted molar refractivity (Wildman–Crippen MR) is 128 cm³/mol. The Kier molecular flexibility index (Phi) is 6.63. The third-order valence-corrected chi connectivity index (χ3v) is 6.09. The second-order valence-corrected chi connectivity index (χ2v) is 8.87. The molecule has 0 N–H and O–H groups in total. The molecule has 4 rings (SSSR count). The lowest BCUT2D eigenvalue weighted by Crippen LogP contribution is -2.41. The van der Waals surface area contributed by atoms with Crippen LogP contribution < -0.4 is 4.74 Å². The number of nitrogens with zero attached hydrogens (tertiary/aromatic N) is 3. The van der Waals surface area contributed by atoms with Crippen LogP contribution in [0.2, 0.25) is 0 Å². The first kappa shape index (κ1) is 22.8. The molecule has 3 aromatic rings. The van der Waals surface area contributed by atoms with Gasteiger partial charge in [-0.15, -0.1) is 0 Å². The number of piperidine rings is 1. The van der Waals surface area contributed by atoms with Crippen molar-refractivity contribution in [2.45, 2.75) is 39.7 Å². The van der Waals surface area contributed by atoms with Gasteiger partial charge >= 0.3 is 0 Å². The Labute approximate surface area is 194 Å². The summed E-state index contributed by atoms with van der Waals surface area (Å²) < 4.78 is 21.0. The topological polar surface area (TPSA) is 47.4 Å². The number of rotatable bonds is 6. The van der Waals surface area contributed by atoms with Crippen molar-refractivity contribution >= 4 is 12.0 Å². The number of aromatic nitrogens is 2. The minimum Gasteiger partial charge on any atom is -0.495 e. The zero-order valence-electron chi connectivity index (χ0n) is 19.6. The lowest BCUT2D eigenvalue weighted by Gasteiger charge is -2.38. The zero-order valence-corrected chi connectivity index (χ0v) is 19.6. The predicted octanol–water partition coefficient (Wildman–Crippen LogP) is 5.73. The van der Waals surface area contributed by atoms with Crippen molar-refractivity contribution in [1.29, 1.82) is 0 Å². The lowest BCUT2D eigenvalue weighted by molar-refractivity contribution is -0.132. The molecule has 6 heteroatoms. The average molecular weight is 448 g/mol. The van der Waals surface area contributed by atoms with Gasteiger partial charge in [0.1, 0.15) is 11.6 Å². The standard InChI is InChI=1S/C27H30FN3O2/c1-18(2)26(21-8-10-23(28)11-9-21)31-13-5-6-22(27(31)32)14-20-7-12-24(25(15-20)33-4)30-16-19(3)29-17-30/h7-12,14-18,26H,5-6,13H2,1-4H3/b22-14+. The third-order valence-electron chi connectivity index (χ3n) is 6.09. The van der Waals surface area contributed by atoms with Gasteiger partial charge in [-0.25, -0.2) is 9.37 Å². The fraction of sp³-hybridized carbons (Fsp3) is 0.333. The largest absolute Gasteiger partial charge is 0.495 e. The van der Waals surface area contributed by atoms with E-state index in [0.717, 1.165) is 40.9 Å². The van der Waals surface area contributed by atoms with E-state index in [1.54, 1.807) is 25.6 Å². The minimum atomic E-state index is -0.268. The van der Waals surface area contributed by atoms with Crippen molar-refractivity contribution in [2.75, 3.05) is 13.7 Å². The summed E-state index contributed by atoms with van der Waals surface area (Å²) in [5, 5.41) is 0. The monoisotopic (exact) mass is 447 g/mol. The number of halogens is 1. The normalized spacial score (nSPS) is 16.5. The summed E-state index contributed by atoms with van der Waals surface area (Å²) >= 11 is 0. The van der Waals surface area contributed by atoms with Gasteiger partial charge < -0.3 is 14.2 Å². The molecular weight excluding hydrogens is 417 g/mol. The van der Waals surface area contributed by atoms with Gasteiger partial charge in [-0.1, -0.05) is 32.0 Å². The molecule has 0 saturated carbocycles. The number of benzene rings is 2. The van der Waals surface area contributed by atoms with E-state index in [1.165, 1.54) is 12.1 Å². The number of amides is 1. The molecule has 1 atom stereocenters. The van der Waals surface area contributed by atoms with E-state index < -0.39 is 0 Å². The number of hydrogen-bond donors (Lipinski definition) is 0. The van der Waals surface area contributed by atoms with Crippen molar-refractivity contribution in [3.63, 3.8) is 0 Å². The van der Waals surface area contributed by atoms with E-state index in [1.807, 2.05) is 46.9 Å². The first-order valence-electron chi connectivity index (χ1n) is 11.3. The van der Waals surface area contributed by atoms with Crippen molar-refractivity contribution in [3.05, 3.63) is 83.2 Å². The van der Waals surface area contributed by atoms with E-state index in [2.05, 4.69) is 18.8 Å². The van der Waals surface area contributed by atoms with Gasteiger partial charge in [-0.2, -0.15) is 0 Å². The number of carbonyl (C=O) groups excluding carboxylic acids is 1. The van der Waals surface area contributed by atoms with Crippen molar-refractivity contribution in [2.24, 2.45) is 5.92 Å². The summed E-state index contributed by atoms with van der Waals surface area (Å²) in [6.07, 6.45) is 7.29. The highest BCUT2D eigenvalue weighted by Crippen LogP contribution is 2.34. The molecule has 0 aliphatic carbocycles. The van der Waals surface area contributed by atoms with Gasteiger partial charge in [0.2, 0.25) is 5.91 Å². The van der Waals surface area contributed by atoms with E-state index in [-0.39, 0.29) is 23.7 Å². The smallest absolute Gasteiger partial charge is 0.250 e. The van der Waals surface area contributed by atoms with Crippen LogP contribution in [-0.2, 0) is 4.79 Å². The lowest BCUT2D eigenvalue weighted by atomic mass is 9.90. The zero-order chi connectivity index (χ0) is 23.5. The van der Waals surface area contributed by atoms with Gasteiger partial charge in [0, 0.05) is 18.3 Å². The van der Waals surface area contributed by atoms with Gasteiger partial charge in [0.25, 0.3) is 0 Å². The van der Waals surface area contributed by atoms with Crippen molar-refractivity contribution < 1.29 is 13.9 Å². The fourth-order valence-corrected chi connectivity index (χ4v) is 4.57. The number of carbonyl (C=O) groups is 1. The molecule has 1 aliphatic heterocycles. The number of aryl methyl sites for hydroxylation is 1. The second-order valence-electron chi connectivity index (χ2n) is 8.87. The number of ether oxygens (including phenoxy) is 1. The quantitative estimate of drug-likeness (QED) is 0.453. The Bertz CT molecular complexity index is 1160. The Morgan fingerprint density at radius 1 is 1.15 bits per heavy atom. The Morgan fingerprint density at radius 2 is 1.91 bits per heavy atom. The Hall–Kier alpha value is -3.41. The summed E-state index contributed by atoms with van der Waals surface area (Å²) in [6.45, 7) is 6.83. The molecule has 1 saturated heterocycles. The average Bonchev–Trinajstić information content (AvgIpc) is 3.23. The maximum absolute atomic E-state index is 13.5. The molecule has 2 aromatic carbocycles. The van der Waals surface area contributed by atoms with Crippen LogP contribution in [0.1, 0.15) is 49.6 Å². The van der Waals surface area contributed by atoms with Crippen LogP contribution in [-0.4, -0.2) is 34.0 Å². The highest BCUT2D eigenvalue weighted by Gasteiger charge is 2.32. The molecule has 1 unspecified atom stereocenters.